The Hall–Kier alpha value is -1.92. The van der Waals surface area contributed by atoms with Gasteiger partial charge in [0.25, 0.3) is 0 Å². The molecule has 0 saturated carbocycles. The summed E-state index contributed by atoms with van der Waals surface area (Å²) in [6.45, 7) is 3.97. The van der Waals surface area contributed by atoms with Crippen molar-refractivity contribution in [3.05, 3.63) is 42.2 Å². The molecule has 2 unspecified atom stereocenters. The highest BCUT2D eigenvalue weighted by atomic mass is 35.5. The number of nitrogens with one attached hydrogen (secondary N) is 2. The molecule has 1 aromatic carbocycles. The van der Waals surface area contributed by atoms with Crippen molar-refractivity contribution in [1.29, 1.82) is 0 Å². The number of nitrogens with zero attached hydrogens (tertiary/aromatic N) is 3. The second kappa shape index (κ2) is 7.98. The van der Waals surface area contributed by atoms with Gasteiger partial charge >= 0.3 is 0 Å². The maximum absolute atomic E-state index is 12.6. The van der Waals surface area contributed by atoms with Gasteiger partial charge in [-0.2, -0.15) is 0 Å². The molecule has 2 fully saturated rings. The maximum Gasteiger partial charge on any atom is 0.221 e. The number of fused-ring (bicyclic) bond motifs is 2. The van der Waals surface area contributed by atoms with E-state index >= 15 is 0 Å². The highest BCUT2D eigenvalue weighted by molar-refractivity contribution is 5.85. The van der Waals surface area contributed by atoms with Gasteiger partial charge in [0.2, 0.25) is 5.91 Å². The van der Waals surface area contributed by atoms with Crippen LogP contribution in [0.15, 0.2) is 36.5 Å². The summed E-state index contributed by atoms with van der Waals surface area (Å²) in [5.74, 6) is 0.597. The predicted molar refractivity (Wildman–Crippen MR) is 107 cm³/mol. The van der Waals surface area contributed by atoms with E-state index < -0.39 is 5.54 Å². The molecule has 2 aliphatic heterocycles. The van der Waals surface area contributed by atoms with Gasteiger partial charge in [-0.15, -0.1) is 17.5 Å². The molecule has 2 saturated heterocycles. The fraction of sp³-hybridized carbons (Fsp3) is 0.550. The Morgan fingerprint density at radius 3 is 2.56 bits per heavy atom. The first-order chi connectivity index (χ1) is 12.5. The van der Waals surface area contributed by atoms with Crippen LogP contribution in [0.2, 0.25) is 0 Å². The summed E-state index contributed by atoms with van der Waals surface area (Å²) in [7, 11) is 0. The van der Waals surface area contributed by atoms with E-state index in [0.29, 0.717) is 24.4 Å². The van der Waals surface area contributed by atoms with Gasteiger partial charge in [-0.05, 0) is 57.6 Å². The minimum absolute atomic E-state index is 0. The van der Waals surface area contributed by atoms with Gasteiger partial charge in [0.1, 0.15) is 5.69 Å². The molecule has 2 aliphatic rings. The van der Waals surface area contributed by atoms with Crippen molar-refractivity contribution >= 4 is 18.3 Å². The zero-order valence-electron chi connectivity index (χ0n) is 15.9. The smallest absolute Gasteiger partial charge is 0.221 e. The summed E-state index contributed by atoms with van der Waals surface area (Å²) < 4.78 is 1.74. The fourth-order valence-corrected chi connectivity index (χ4v) is 4.32. The van der Waals surface area contributed by atoms with Crippen LogP contribution in [0.3, 0.4) is 0 Å². The first kappa shape index (κ1) is 19.8. The third-order valence-electron chi connectivity index (χ3n) is 5.65. The monoisotopic (exact) mass is 389 g/mol. The van der Waals surface area contributed by atoms with Gasteiger partial charge in [0, 0.05) is 18.5 Å². The fourth-order valence-electron chi connectivity index (χ4n) is 4.32. The molecule has 6 nitrogen and oxygen atoms in total. The van der Waals surface area contributed by atoms with Crippen LogP contribution in [0, 0.1) is 5.92 Å². The van der Waals surface area contributed by atoms with E-state index in [9.17, 15) is 4.79 Å². The van der Waals surface area contributed by atoms with Crippen LogP contribution in [-0.2, 0) is 10.3 Å². The molecule has 4 rings (SSSR count). The van der Waals surface area contributed by atoms with E-state index in [4.69, 9.17) is 0 Å². The Morgan fingerprint density at radius 1 is 1.22 bits per heavy atom. The molecule has 2 atom stereocenters. The molecule has 2 N–H and O–H groups in total. The first-order valence-corrected chi connectivity index (χ1v) is 9.55. The highest BCUT2D eigenvalue weighted by Gasteiger charge is 2.35. The summed E-state index contributed by atoms with van der Waals surface area (Å²) in [5.41, 5.74) is 1.18. The summed E-state index contributed by atoms with van der Waals surface area (Å²) in [4.78, 5) is 12.6. The maximum atomic E-state index is 12.6. The number of hydrogen-bond acceptors (Lipinski definition) is 4. The molecular formula is C20H28ClN5O. The Morgan fingerprint density at radius 2 is 1.89 bits per heavy atom. The van der Waals surface area contributed by atoms with Crippen molar-refractivity contribution < 1.29 is 4.79 Å². The van der Waals surface area contributed by atoms with E-state index in [1.165, 1.54) is 12.8 Å². The summed E-state index contributed by atoms with van der Waals surface area (Å²) in [6, 6.07) is 11.1. The van der Waals surface area contributed by atoms with Crippen molar-refractivity contribution in [1.82, 2.24) is 25.6 Å². The molecule has 0 aliphatic carbocycles. The summed E-state index contributed by atoms with van der Waals surface area (Å²) in [6.07, 6.45) is 7.25. The number of carbonyl (C=O) groups excluding carboxylic acids is 1. The largest absolute Gasteiger partial charge is 0.345 e. The van der Waals surface area contributed by atoms with Crippen LogP contribution in [0.25, 0.3) is 5.69 Å². The van der Waals surface area contributed by atoms with Crippen molar-refractivity contribution in [2.75, 3.05) is 0 Å². The lowest BCUT2D eigenvalue weighted by Gasteiger charge is -2.30. The summed E-state index contributed by atoms with van der Waals surface area (Å²) >= 11 is 0. The number of halogens is 1. The lowest BCUT2D eigenvalue weighted by Crippen LogP contribution is -2.44. The molecular weight excluding hydrogens is 362 g/mol. The minimum atomic E-state index is -0.546. The number of benzene rings is 1. The second-order valence-electron chi connectivity index (χ2n) is 8.24. The second-order valence-corrected chi connectivity index (χ2v) is 8.24. The topological polar surface area (TPSA) is 71.8 Å². The van der Waals surface area contributed by atoms with Crippen molar-refractivity contribution in [2.24, 2.45) is 5.92 Å². The van der Waals surface area contributed by atoms with Crippen molar-refractivity contribution in [3.8, 4) is 5.69 Å². The molecule has 0 spiro atoms. The standard InChI is InChI=1S/C20H27N5O.ClH/c1-20(2,18-13-25(24-23-18)17-6-4-3-5-7-17)22-19(26)12-14-10-15-8-9-16(11-14)21-15;/h3-7,13-16,21H,8-12H2,1-2H3,(H,22,26);1H. The SMILES string of the molecule is CC(C)(NC(=O)CC1CC2CCC(C1)N2)c1cn(-c2ccccc2)nn1.Cl. The molecule has 27 heavy (non-hydrogen) atoms. The Balaban J connectivity index is 0.00000210. The Kier molecular flexibility index (Phi) is 5.86. The van der Waals surface area contributed by atoms with E-state index in [-0.39, 0.29) is 18.3 Å². The van der Waals surface area contributed by atoms with Crippen molar-refractivity contribution in [2.45, 2.75) is 63.6 Å². The lowest BCUT2D eigenvalue weighted by atomic mass is 9.89. The number of aromatic nitrogens is 3. The van der Waals surface area contributed by atoms with Crippen molar-refractivity contribution in [3.63, 3.8) is 0 Å². The van der Waals surface area contributed by atoms with Crippen LogP contribution in [0.5, 0.6) is 0 Å². The van der Waals surface area contributed by atoms with Gasteiger partial charge in [-0.1, -0.05) is 23.4 Å². The van der Waals surface area contributed by atoms with E-state index in [2.05, 4.69) is 20.9 Å². The first-order valence-electron chi connectivity index (χ1n) is 9.55. The molecule has 1 amide bonds. The quantitative estimate of drug-likeness (QED) is 0.824. The van der Waals surface area contributed by atoms with Gasteiger partial charge in [-0.3, -0.25) is 4.79 Å². The average Bonchev–Trinajstić information content (AvgIpc) is 3.22. The predicted octanol–water partition coefficient (Wildman–Crippen LogP) is 2.96. The number of piperidine rings is 1. The molecule has 3 heterocycles. The van der Waals surface area contributed by atoms with Gasteiger partial charge in [0.15, 0.2) is 0 Å². The molecule has 2 bridgehead atoms. The van der Waals surface area contributed by atoms with E-state index in [0.717, 1.165) is 24.2 Å². The molecule has 1 aromatic heterocycles. The van der Waals surface area contributed by atoms with Gasteiger partial charge in [0.05, 0.1) is 17.4 Å². The molecule has 2 aromatic rings. The molecule has 7 heteroatoms. The Labute approximate surface area is 166 Å². The zero-order valence-corrected chi connectivity index (χ0v) is 16.7. The third-order valence-corrected chi connectivity index (χ3v) is 5.65. The number of amides is 1. The third kappa shape index (κ3) is 4.50. The minimum Gasteiger partial charge on any atom is -0.345 e. The normalized spacial score (nSPS) is 24.3. The molecule has 146 valence electrons. The van der Waals surface area contributed by atoms with E-state index in [1.54, 1.807) is 4.68 Å². The Bertz CT molecular complexity index is 764. The van der Waals surface area contributed by atoms with Crippen LogP contribution < -0.4 is 10.6 Å². The van der Waals surface area contributed by atoms with Crippen LogP contribution >= 0.6 is 12.4 Å². The number of carbonyl (C=O) groups is 1. The lowest BCUT2D eigenvalue weighted by molar-refractivity contribution is -0.124. The van der Waals surface area contributed by atoms with Crippen LogP contribution in [-0.4, -0.2) is 33.0 Å². The van der Waals surface area contributed by atoms with Crippen LogP contribution in [0.4, 0.5) is 0 Å². The number of rotatable bonds is 5. The highest BCUT2D eigenvalue weighted by Crippen LogP contribution is 2.33. The number of para-hydroxylation sites is 1. The van der Waals surface area contributed by atoms with Crippen LogP contribution in [0.1, 0.15) is 51.6 Å². The molecule has 0 radical (unpaired) electrons. The average molecular weight is 390 g/mol. The van der Waals surface area contributed by atoms with Gasteiger partial charge in [-0.25, -0.2) is 4.68 Å². The number of hydrogen-bond donors (Lipinski definition) is 2. The van der Waals surface area contributed by atoms with E-state index in [1.807, 2.05) is 50.4 Å². The zero-order chi connectivity index (χ0) is 18.1. The summed E-state index contributed by atoms with van der Waals surface area (Å²) in [5, 5.41) is 15.3. The van der Waals surface area contributed by atoms with Gasteiger partial charge < -0.3 is 10.6 Å².